The fourth-order valence-electron chi connectivity index (χ4n) is 1.74. The molecule has 3 nitrogen and oxygen atoms in total. The third-order valence-corrected chi connectivity index (χ3v) is 2.93. The Kier molecular flexibility index (Phi) is 4.02. The van der Waals surface area contributed by atoms with Crippen molar-refractivity contribution >= 4 is 23.2 Å². The van der Waals surface area contributed by atoms with Crippen LogP contribution in [-0.2, 0) is 12.3 Å². The van der Waals surface area contributed by atoms with E-state index in [0.717, 1.165) is 30.2 Å². The lowest BCUT2D eigenvalue weighted by Crippen LogP contribution is -2.04. The van der Waals surface area contributed by atoms with E-state index in [4.69, 9.17) is 23.2 Å². The molecule has 0 bridgehead atoms. The van der Waals surface area contributed by atoms with Gasteiger partial charge in [-0.1, -0.05) is 24.6 Å². The fourth-order valence-corrected chi connectivity index (χ4v) is 2.10. The first kappa shape index (κ1) is 12.4. The first-order valence-corrected chi connectivity index (χ1v) is 6.42. The summed E-state index contributed by atoms with van der Waals surface area (Å²) in [5.74, 6) is 2.01. The van der Waals surface area contributed by atoms with E-state index < -0.39 is 0 Å². The first-order valence-electron chi connectivity index (χ1n) is 5.51. The molecule has 2 rings (SSSR count). The van der Waals surface area contributed by atoms with Gasteiger partial charge in [-0.05, 0) is 24.6 Å². The molecule has 0 aliphatic carbocycles. The predicted octanol–water partition coefficient (Wildman–Crippen LogP) is 3.61. The average molecular weight is 270 g/mol. The summed E-state index contributed by atoms with van der Waals surface area (Å²) >= 11 is 11.9. The van der Waals surface area contributed by atoms with Crippen molar-refractivity contribution in [3.8, 4) is 5.69 Å². The highest BCUT2D eigenvalue weighted by atomic mass is 35.5. The Morgan fingerprint density at radius 2 is 2.00 bits per heavy atom. The van der Waals surface area contributed by atoms with E-state index in [-0.39, 0.29) is 0 Å². The van der Waals surface area contributed by atoms with E-state index in [1.165, 1.54) is 0 Å². The zero-order valence-corrected chi connectivity index (χ0v) is 11.0. The number of alkyl halides is 1. The Morgan fingerprint density at radius 1 is 1.24 bits per heavy atom. The Hall–Kier alpha value is -1.06. The van der Waals surface area contributed by atoms with E-state index >= 15 is 0 Å². The highest BCUT2D eigenvalue weighted by Crippen LogP contribution is 2.19. The Bertz CT molecular complexity index is 508. The number of benzene rings is 1. The van der Waals surface area contributed by atoms with Gasteiger partial charge in [0.25, 0.3) is 0 Å². The number of nitrogens with zero attached hydrogens (tertiary/aromatic N) is 3. The molecule has 0 radical (unpaired) electrons. The van der Waals surface area contributed by atoms with Crippen molar-refractivity contribution in [1.82, 2.24) is 14.8 Å². The molecule has 1 aromatic heterocycles. The standard InChI is InChI=1S/C12H13Cl2N3/c1-2-4-11-15-16-12(8-13)17(11)10-6-3-5-9(14)7-10/h3,5-7H,2,4,8H2,1H3. The molecule has 0 amide bonds. The van der Waals surface area contributed by atoms with E-state index in [1.807, 2.05) is 28.8 Å². The molecule has 2 aromatic rings. The van der Waals surface area contributed by atoms with Gasteiger partial charge in [-0.2, -0.15) is 0 Å². The number of halogens is 2. The maximum atomic E-state index is 6.00. The second-order valence-electron chi connectivity index (χ2n) is 3.73. The Morgan fingerprint density at radius 3 is 2.65 bits per heavy atom. The number of aryl methyl sites for hydroxylation is 1. The van der Waals surface area contributed by atoms with Gasteiger partial charge in [0.05, 0.1) is 11.6 Å². The number of hydrogen-bond acceptors (Lipinski definition) is 2. The van der Waals surface area contributed by atoms with Crippen molar-refractivity contribution in [3.05, 3.63) is 40.9 Å². The molecule has 0 saturated carbocycles. The quantitative estimate of drug-likeness (QED) is 0.794. The highest BCUT2D eigenvalue weighted by Gasteiger charge is 2.12. The minimum absolute atomic E-state index is 0.337. The van der Waals surface area contributed by atoms with Gasteiger partial charge in [0.1, 0.15) is 5.82 Å². The van der Waals surface area contributed by atoms with Crippen molar-refractivity contribution in [2.45, 2.75) is 25.6 Å². The van der Waals surface area contributed by atoms with Gasteiger partial charge in [-0.25, -0.2) is 0 Å². The minimum Gasteiger partial charge on any atom is -0.282 e. The third-order valence-electron chi connectivity index (χ3n) is 2.46. The summed E-state index contributed by atoms with van der Waals surface area (Å²) < 4.78 is 1.97. The van der Waals surface area contributed by atoms with E-state index in [2.05, 4.69) is 17.1 Å². The van der Waals surface area contributed by atoms with Crippen molar-refractivity contribution in [2.75, 3.05) is 0 Å². The molecule has 0 unspecified atom stereocenters. The van der Waals surface area contributed by atoms with Crippen LogP contribution in [0.5, 0.6) is 0 Å². The first-order chi connectivity index (χ1) is 8.26. The van der Waals surface area contributed by atoms with Crippen molar-refractivity contribution in [3.63, 3.8) is 0 Å². The zero-order valence-electron chi connectivity index (χ0n) is 9.53. The molecule has 0 spiro atoms. The largest absolute Gasteiger partial charge is 0.282 e. The van der Waals surface area contributed by atoms with Gasteiger partial charge < -0.3 is 0 Å². The minimum atomic E-state index is 0.337. The van der Waals surface area contributed by atoms with Crippen LogP contribution in [0.3, 0.4) is 0 Å². The second-order valence-corrected chi connectivity index (χ2v) is 4.44. The summed E-state index contributed by atoms with van der Waals surface area (Å²) in [5.41, 5.74) is 0.960. The van der Waals surface area contributed by atoms with Gasteiger partial charge in [-0.15, -0.1) is 21.8 Å². The molecule has 5 heteroatoms. The van der Waals surface area contributed by atoms with Crippen LogP contribution in [-0.4, -0.2) is 14.8 Å². The maximum Gasteiger partial charge on any atom is 0.152 e. The topological polar surface area (TPSA) is 30.7 Å². The third kappa shape index (κ3) is 2.61. The van der Waals surface area contributed by atoms with Gasteiger partial charge in [0.15, 0.2) is 5.82 Å². The second kappa shape index (κ2) is 5.52. The van der Waals surface area contributed by atoms with Crippen molar-refractivity contribution < 1.29 is 0 Å². The molecular formula is C12H13Cl2N3. The Balaban J connectivity index is 2.51. The van der Waals surface area contributed by atoms with Crippen LogP contribution < -0.4 is 0 Å². The van der Waals surface area contributed by atoms with Crippen LogP contribution in [0.2, 0.25) is 5.02 Å². The summed E-state index contributed by atoms with van der Waals surface area (Å²) in [6.45, 7) is 2.11. The van der Waals surface area contributed by atoms with Crippen molar-refractivity contribution in [1.29, 1.82) is 0 Å². The molecule has 1 heterocycles. The Labute approximate surface area is 110 Å². The predicted molar refractivity (Wildman–Crippen MR) is 69.9 cm³/mol. The van der Waals surface area contributed by atoms with Crippen LogP contribution in [0.4, 0.5) is 0 Å². The van der Waals surface area contributed by atoms with Crippen molar-refractivity contribution in [2.24, 2.45) is 0 Å². The molecule has 0 N–H and O–H groups in total. The number of hydrogen-bond donors (Lipinski definition) is 0. The van der Waals surface area contributed by atoms with Crippen LogP contribution >= 0.6 is 23.2 Å². The van der Waals surface area contributed by atoms with E-state index in [9.17, 15) is 0 Å². The summed E-state index contributed by atoms with van der Waals surface area (Å²) in [5, 5.41) is 8.96. The van der Waals surface area contributed by atoms with E-state index in [1.54, 1.807) is 0 Å². The average Bonchev–Trinajstić information content (AvgIpc) is 2.72. The normalized spacial score (nSPS) is 10.8. The number of rotatable bonds is 4. The summed E-state index contributed by atoms with van der Waals surface area (Å²) in [4.78, 5) is 0. The molecular weight excluding hydrogens is 257 g/mol. The van der Waals surface area contributed by atoms with Gasteiger partial charge in [-0.3, -0.25) is 4.57 Å². The summed E-state index contributed by atoms with van der Waals surface area (Å²) in [6.07, 6.45) is 1.89. The van der Waals surface area contributed by atoms with E-state index in [0.29, 0.717) is 10.9 Å². The maximum absolute atomic E-state index is 6.00. The molecule has 0 aliphatic rings. The van der Waals surface area contributed by atoms with Gasteiger partial charge in [0.2, 0.25) is 0 Å². The lowest BCUT2D eigenvalue weighted by atomic mass is 10.2. The molecule has 1 aromatic carbocycles. The van der Waals surface area contributed by atoms with Gasteiger partial charge in [0, 0.05) is 11.4 Å². The van der Waals surface area contributed by atoms with Crippen LogP contribution in [0.25, 0.3) is 5.69 Å². The SMILES string of the molecule is CCCc1nnc(CCl)n1-c1cccc(Cl)c1. The molecule has 17 heavy (non-hydrogen) atoms. The fraction of sp³-hybridized carbons (Fsp3) is 0.333. The van der Waals surface area contributed by atoms with Gasteiger partial charge >= 0.3 is 0 Å². The van der Waals surface area contributed by atoms with Crippen LogP contribution in [0, 0.1) is 0 Å². The summed E-state index contributed by atoms with van der Waals surface area (Å²) in [7, 11) is 0. The number of aromatic nitrogens is 3. The lowest BCUT2D eigenvalue weighted by Gasteiger charge is -2.09. The lowest BCUT2D eigenvalue weighted by molar-refractivity contribution is 0.796. The molecule has 0 atom stereocenters. The molecule has 90 valence electrons. The highest BCUT2D eigenvalue weighted by molar-refractivity contribution is 6.30. The monoisotopic (exact) mass is 269 g/mol. The van der Waals surface area contributed by atoms with Crippen LogP contribution in [0.1, 0.15) is 25.0 Å². The molecule has 0 saturated heterocycles. The molecule has 0 aliphatic heterocycles. The molecule has 0 fully saturated rings. The summed E-state index contributed by atoms with van der Waals surface area (Å²) in [6, 6.07) is 7.62. The zero-order chi connectivity index (χ0) is 12.3. The smallest absolute Gasteiger partial charge is 0.152 e. The van der Waals surface area contributed by atoms with Crippen LogP contribution in [0.15, 0.2) is 24.3 Å².